The molecule has 0 spiro atoms. The van der Waals surface area contributed by atoms with E-state index < -0.39 is 4.92 Å². The number of hydrogen-bond acceptors (Lipinski definition) is 7. The van der Waals surface area contributed by atoms with Crippen molar-refractivity contribution in [3.63, 3.8) is 0 Å². The van der Waals surface area contributed by atoms with Gasteiger partial charge in [0.2, 0.25) is 0 Å². The molecule has 94 valence electrons. The topological polar surface area (TPSA) is 73.1 Å². The lowest BCUT2D eigenvalue weighted by Gasteiger charge is -1.92. The van der Waals surface area contributed by atoms with Crippen LogP contribution in [-0.2, 0) is 0 Å². The summed E-state index contributed by atoms with van der Waals surface area (Å²) in [5.74, 6) is -0.162. The molecule has 2 aromatic heterocycles. The molecule has 0 aliphatic heterocycles. The second-order valence-electron chi connectivity index (χ2n) is 3.45. The van der Waals surface area contributed by atoms with E-state index in [4.69, 9.17) is 0 Å². The summed E-state index contributed by atoms with van der Waals surface area (Å²) in [5, 5.41) is 12.8. The average molecular weight is 300 g/mol. The zero-order chi connectivity index (χ0) is 13.3. The lowest BCUT2D eigenvalue weighted by atomic mass is 10.3. The number of thiazole rings is 1. The first-order chi connectivity index (χ1) is 8.47. The summed E-state index contributed by atoms with van der Waals surface area (Å²) < 4.78 is 1.24. The third-order valence-electron chi connectivity index (χ3n) is 2.00. The fraction of sp³-hybridized carbons (Fsp3) is 0.200. The molecule has 0 aliphatic rings. The van der Waals surface area contributed by atoms with Gasteiger partial charge in [0.25, 0.3) is 5.69 Å². The maximum absolute atomic E-state index is 11.3. The minimum atomic E-state index is -0.467. The minimum Gasteiger partial charge on any atom is -0.294 e. The van der Waals surface area contributed by atoms with Crippen LogP contribution in [0.3, 0.4) is 0 Å². The Labute approximate surface area is 115 Å². The van der Waals surface area contributed by atoms with E-state index in [9.17, 15) is 14.9 Å². The largest absolute Gasteiger partial charge is 0.294 e. The molecule has 2 rings (SSSR count). The van der Waals surface area contributed by atoms with Gasteiger partial charge in [-0.2, -0.15) is 0 Å². The summed E-state index contributed by atoms with van der Waals surface area (Å²) in [6.07, 6.45) is 0. The van der Waals surface area contributed by atoms with E-state index in [1.54, 1.807) is 0 Å². The summed E-state index contributed by atoms with van der Waals surface area (Å²) in [5.41, 5.74) is 0.858. The number of nitrogens with zero attached hydrogens (tertiary/aromatic N) is 2. The van der Waals surface area contributed by atoms with Gasteiger partial charge in [-0.15, -0.1) is 22.7 Å². The van der Waals surface area contributed by atoms with E-state index >= 15 is 0 Å². The van der Waals surface area contributed by atoms with Crippen LogP contribution in [0.5, 0.6) is 0 Å². The minimum absolute atomic E-state index is 0.0250. The van der Waals surface area contributed by atoms with Gasteiger partial charge < -0.3 is 0 Å². The summed E-state index contributed by atoms with van der Waals surface area (Å²) in [6.45, 7) is 3.27. The molecule has 0 aromatic carbocycles. The molecule has 0 aliphatic carbocycles. The molecular formula is C10H8N2O3S3. The third-order valence-corrected chi connectivity index (χ3v) is 5.47. The van der Waals surface area contributed by atoms with E-state index in [1.165, 1.54) is 36.1 Å². The lowest BCUT2D eigenvalue weighted by molar-refractivity contribution is -0.387. The van der Waals surface area contributed by atoms with Crippen molar-refractivity contribution < 1.29 is 9.72 Å². The summed E-state index contributed by atoms with van der Waals surface area (Å²) >= 11 is 3.81. The Morgan fingerprint density at radius 2 is 2.28 bits per heavy atom. The Morgan fingerprint density at radius 3 is 2.78 bits per heavy atom. The number of ketones is 1. The molecule has 2 heterocycles. The number of nitro groups is 1. The smallest absolute Gasteiger partial charge is 0.294 e. The zero-order valence-corrected chi connectivity index (χ0v) is 11.9. The van der Waals surface area contributed by atoms with Crippen molar-refractivity contribution in [3.8, 4) is 0 Å². The van der Waals surface area contributed by atoms with E-state index in [0.29, 0.717) is 9.09 Å². The number of thiophene rings is 1. The van der Waals surface area contributed by atoms with Crippen LogP contribution >= 0.6 is 34.4 Å². The first kappa shape index (κ1) is 13.2. The number of hydrogen-bond donors (Lipinski definition) is 0. The van der Waals surface area contributed by atoms with Crippen LogP contribution in [0, 0.1) is 17.0 Å². The second kappa shape index (κ2) is 5.17. The van der Waals surface area contributed by atoms with Gasteiger partial charge in [0.1, 0.15) is 4.21 Å². The summed E-state index contributed by atoms with van der Waals surface area (Å²) in [6, 6.07) is 1.33. The normalized spacial score (nSPS) is 10.6. The molecule has 0 atom stereocenters. The van der Waals surface area contributed by atoms with Gasteiger partial charge in [0.15, 0.2) is 10.1 Å². The Morgan fingerprint density at radius 1 is 1.56 bits per heavy atom. The Bertz CT molecular complexity index is 618. The lowest BCUT2D eigenvalue weighted by Crippen LogP contribution is -1.87. The molecule has 0 radical (unpaired) electrons. The molecule has 5 nitrogen and oxygen atoms in total. The van der Waals surface area contributed by atoms with Crippen LogP contribution in [0.15, 0.2) is 20.0 Å². The number of aryl methyl sites for hydroxylation is 1. The van der Waals surface area contributed by atoms with Crippen molar-refractivity contribution in [1.82, 2.24) is 4.98 Å². The SMILES string of the molecule is CC(=O)c1cc([N+](=O)[O-])c(Sc2nc(C)cs2)s1. The first-order valence-electron chi connectivity index (χ1n) is 4.86. The molecule has 0 unspecified atom stereocenters. The molecule has 0 fully saturated rings. The highest BCUT2D eigenvalue weighted by molar-refractivity contribution is 8.02. The fourth-order valence-corrected chi connectivity index (χ4v) is 4.47. The first-order valence-corrected chi connectivity index (χ1v) is 7.38. The quantitative estimate of drug-likeness (QED) is 0.488. The van der Waals surface area contributed by atoms with E-state index in [-0.39, 0.29) is 11.5 Å². The van der Waals surface area contributed by atoms with Crippen molar-refractivity contribution in [2.45, 2.75) is 22.4 Å². The number of carbonyl (C=O) groups is 1. The van der Waals surface area contributed by atoms with Gasteiger partial charge in [-0.25, -0.2) is 4.98 Å². The van der Waals surface area contributed by atoms with Crippen LogP contribution in [0.25, 0.3) is 0 Å². The van der Waals surface area contributed by atoms with E-state index in [1.807, 2.05) is 12.3 Å². The van der Waals surface area contributed by atoms with Crippen molar-refractivity contribution in [3.05, 3.63) is 32.1 Å². The summed E-state index contributed by atoms with van der Waals surface area (Å²) in [7, 11) is 0. The molecule has 0 saturated carbocycles. The van der Waals surface area contributed by atoms with Crippen LogP contribution in [0.2, 0.25) is 0 Å². The van der Waals surface area contributed by atoms with Gasteiger partial charge in [-0.1, -0.05) is 0 Å². The van der Waals surface area contributed by atoms with Gasteiger partial charge in [-0.3, -0.25) is 14.9 Å². The molecular weight excluding hydrogens is 292 g/mol. The number of carbonyl (C=O) groups excluding carboxylic acids is 1. The maximum atomic E-state index is 11.3. The third kappa shape index (κ3) is 2.77. The molecule has 0 bridgehead atoms. The average Bonchev–Trinajstić information content (AvgIpc) is 2.85. The van der Waals surface area contributed by atoms with Crippen molar-refractivity contribution in [2.24, 2.45) is 0 Å². The van der Waals surface area contributed by atoms with Gasteiger partial charge in [-0.05, 0) is 25.6 Å². The number of rotatable bonds is 4. The van der Waals surface area contributed by atoms with Crippen LogP contribution < -0.4 is 0 Å². The fourth-order valence-electron chi connectivity index (χ4n) is 1.20. The van der Waals surface area contributed by atoms with Crippen LogP contribution in [-0.4, -0.2) is 15.7 Å². The Balaban J connectivity index is 2.36. The molecule has 0 N–H and O–H groups in total. The molecule has 8 heteroatoms. The van der Waals surface area contributed by atoms with Crippen molar-refractivity contribution in [1.29, 1.82) is 0 Å². The molecule has 0 amide bonds. The monoisotopic (exact) mass is 300 g/mol. The molecule has 0 saturated heterocycles. The predicted molar refractivity (Wildman–Crippen MR) is 72.0 cm³/mol. The van der Waals surface area contributed by atoms with Gasteiger partial charge in [0, 0.05) is 17.1 Å². The highest BCUT2D eigenvalue weighted by atomic mass is 32.2. The second-order valence-corrected chi connectivity index (χ2v) is 6.88. The number of Topliss-reactive ketones (excluding diaryl/α,β-unsaturated/α-hetero) is 1. The Kier molecular flexibility index (Phi) is 3.79. The highest BCUT2D eigenvalue weighted by Crippen LogP contribution is 2.42. The predicted octanol–water partition coefficient (Wildman–Crippen LogP) is 3.78. The molecule has 2 aromatic rings. The van der Waals surface area contributed by atoms with E-state index in [0.717, 1.165) is 21.4 Å². The van der Waals surface area contributed by atoms with Crippen molar-refractivity contribution in [2.75, 3.05) is 0 Å². The highest BCUT2D eigenvalue weighted by Gasteiger charge is 2.22. The summed E-state index contributed by atoms with van der Waals surface area (Å²) in [4.78, 5) is 26.4. The van der Waals surface area contributed by atoms with Crippen LogP contribution in [0.4, 0.5) is 5.69 Å². The van der Waals surface area contributed by atoms with E-state index in [2.05, 4.69) is 4.98 Å². The Hall–Kier alpha value is -1.25. The van der Waals surface area contributed by atoms with Gasteiger partial charge in [0.05, 0.1) is 9.80 Å². The van der Waals surface area contributed by atoms with Gasteiger partial charge >= 0.3 is 0 Å². The van der Waals surface area contributed by atoms with Crippen LogP contribution in [0.1, 0.15) is 22.3 Å². The number of aromatic nitrogens is 1. The molecule has 18 heavy (non-hydrogen) atoms. The van der Waals surface area contributed by atoms with Crippen molar-refractivity contribution >= 4 is 45.9 Å². The standard InChI is InChI=1S/C10H8N2O3S3/c1-5-4-16-10(11-5)18-9-7(12(14)15)3-8(17-9)6(2)13/h3-4H,1-2H3. The zero-order valence-electron chi connectivity index (χ0n) is 9.50. The maximum Gasteiger partial charge on any atom is 0.294 e.